The molecule has 0 radical (unpaired) electrons. The molecule has 26 heavy (non-hydrogen) atoms. The lowest BCUT2D eigenvalue weighted by Crippen LogP contribution is -2.39. The molecule has 1 aliphatic rings. The van der Waals surface area contributed by atoms with Gasteiger partial charge in [0, 0.05) is 19.1 Å². The SMILES string of the molecule is Cc1ccc(-n2cc(NC(=O)NC(C)C3=CCN(C)CC3)cn2)c(C)c1. The lowest BCUT2D eigenvalue weighted by Gasteiger charge is -2.26. The maximum Gasteiger partial charge on any atom is 0.319 e. The summed E-state index contributed by atoms with van der Waals surface area (Å²) in [5, 5.41) is 10.2. The van der Waals surface area contributed by atoms with Crippen molar-refractivity contribution in [1.82, 2.24) is 20.0 Å². The number of hydrogen-bond donors (Lipinski definition) is 2. The first-order valence-electron chi connectivity index (χ1n) is 8.99. The highest BCUT2D eigenvalue weighted by molar-refractivity contribution is 5.89. The minimum atomic E-state index is -0.211. The van der Waals surface area contributed by atoms with Gasteiger partial charge in [-0.05, 0) is 51.4 Å². The van der Waals surface area contributed by atoms with Crippen LogP contribution in [0.5, 0.6) is 0 Å². The molecular formula is C20H27N5O. The standard InChI is InChI=1S/C20H27N5O/c1-14-5-6-19(15(2)11-14)25-13-18(12-21-25)23-20(26)22-16(3)17-7-9-24(4)10-8-17/h5-7,11-13,16H,8-10H2,1-4H3,(H2,22,23,26). The Morgan fingerprint density at radius 3 is 2.81 bits per heavy atom. The van der Waals surface area contributed by atoms with E-state index in [9.17, 15) is 4.79 Å². The molecule has 0 saturated heterocycles. The molecule has 1 aromatic heterocycles. The Balaban J connectivity index is 1.61. The monoisotopic (exact) mass is 353 g/mol. The van der Waals surface area contributed by atoms with Crippen LogP contribution in [0.15, 0.2) is 42.2 Å². The summed E-state index contributed by atoms with van der Waals surface area (Å²) in [5.74, 6) is 0. The molecule has 1 aromatic carbocycles. The van der Waals surface area contributed by atoms with E-state index in [0.29, 0.717) is 5.69 Å². The lowest BCUT2D eigenvalue weighted by atomic mass is 10.0. The van der Waals surface area contributed by atoms with Crippen molar-refractivity contribution in [2.75, 3.05) is 25.5 Å². The van der Waals surface area contributed by atoms with E-state index in [4.69, 9.17) is 0 Å². The molecule has 1 unspecified atom stereocenters. The first-order chi connectivity index (χ1) is 12.4. The molecule has 1 atom stereocenters. The van der Waals surface area contributed by atoms with Crippen LogP contribution in [0.3, 0.4) is 0 Å². The largest absolute Gasteiger partial charge is 0.332 e. The Bertz CT molecular complexity index is 823. The topological polar surface area (TPSA) is 62.2 Å². The van der Waals surface area contributed by atoms with Crippen molar-refractivity contribution in [3.8, 4) is 5.69 Å². The van der Waals surface area contributed by atoms with Gasteiger partial charge in [0.05, 0.1) is 23.8 Å². The molecular weight excluding hydrogens is 326 g/mol. The van der Waals surface area contributed by atoms with E-state index in [1.165, 1.54) is 11.1 Å². The van der Waals surface area contributed by atoms with Crippen LogP contribution < -0.4 is 10.6 Å². The van der Waals surface area contributed by atoms with Crippen molar-refractivity contribution in [1.29, 1.82) is 0 Å². The summed E-state index contributed by atoms with van der Waals surface area (Å²) in [4.78, 5) is 14.6. The minimum absolute atomic E-state index is 0.0260. The van der Waals surface area contributed by atoms with Gasteiger partial charge in [0.1, 0.15) is 0 Å². The second-order valence-electron chi connectivity index (χ2n) is 7.07. The van der Waals surface area contributed by atoms with Gasteiger partial charge in [-0.25, -0.2) is 9.48 Å². The summed E-state index contributed by atoms with van der Waals surface area (Å²) >= 11 is 0. The Morgan fingerprint density at radius 1 is 1.31 bits per heavy atom. The fourth-order valence-electron chi connectivity index (χ4n) is 3.22. The predicted molar refractivity (Wildman–Crippen MR) is 105 cm³/mol. The molecule has 2 amide bonds. The Morgan fingerprint density at radius 2 is 2.12 bits per heavy atom. The average molecular weight is 353 g/mol. The van der Waals surface area contributed by atoms with Crippen molar-refractivity contribution in [2.45, 2.75) is 33.2 Å². The highest BCUT2D eigenvalue weighted by Crippen LogP contribution is 2.17. The number of nitrogens with zero attached hydrogens (tertiary/aromatic N) is 3. The van der Waals surface area contributed by atoms with Crippen LogP contribution in [0, 0.1) is 13.8 Å². The number of carbonyl (C=O) groups excluding carboxylic acids is 1. The third-order valence-corrected chi connectivity index (χ3v) is 4.79. The second-order valence-corrected chi connectivity index (χ2v) is 7.07. The summed E-state index contributed by atoms with van der Waals surface area (Å²) in [6.07, 6.45) is 6.68. The molecule has 0 saturated carbocycles. The lowest BCUT2D eigenvalue weighted by molar-refractivity contribution is 0.250. The number of benzene rings is 1. The van der Waals surface area contributed by atoms with E-state index in [1.54, 1.807) is 10.9 Å². The maximum absolute atomic E-state index is 12.3. The molecule has 3 rings (SSSR count). The number of nitrogens with one attached hydrogen (secondary N) is 2. The van der Waals surface area contributed by atoms with Crippen molar-refractivity contribution in [3.05, 3.63) is 53.4 Å². The third kappa shape index (κ3) is 4.32. The number of hydrogen-bond acceptors (Lipinski definition) is 3. The number of aryl methyl sites for hydroxylation is 2. The van der Waals surface area contributed by atoms with Gasteiger partial charge in [-0.15, -0.1) is 0 Å². The molecule has 2 aromatic rings. The van der Waals surface area contributed by atoms with Crippen molar-refractivity contribution in [3.63, 3.8) is 0 Å². The van der Waals surface area contributed by atoms with Crippen LogP contribution in [0.25, 0.3) is 5.69 Å². The first-order valence-corrected chi connectivity index (χ1v) is 8.99. The van der Waals surface area contributed by atoms with Crippen LogP contribution in [-0.4, -0.2) is 46.9 Å². The zero-order valence-corrected chi connectivity index (χ0v) is 15.9. The number of urea groups is 1. The number of amides is 2. The number of rotatable bonds is 4. The minimum Gasteiger partial charge on any atom is -0.332 e. The van der Waals surface area contributed by atoms with Crippen LogP contribution in [0.1, 0.15) is 24.5 Å². The third-order valence-electron chi connectivity index (χ3n) is 4.79. The van der Waals surface area contributed by atoms with Gasteiger partial charge in [0.2, 0.25) is 0 Å². The van der Waals surface area contributed by atoms with E-state index < -0.39 is 0 Å². The molecule has 0 aliphatic carbocycles. The van der Waals surface area contributed by atoms with E-state index in [-0.39, 0.29) is 12.1 Å². The van der Waals surface area contributed by atoms with Gasteiger partial charge in [0.25, 0.3) is 0 Å². The fraction of sp³-hybridized carbons (Fsp3) is 0.400. The van der Waals surface area contributed by atoms with Gasteiger partial charge in [-0.3, -0.25) is 0 Å². The molecule has 1 aliphatic heterocycles. The second kappa shape index (κ2) is 7.74. The van der Waals surface area contributed by atoms with Gasteiger partial charge < -0.3 is 15.5 Å². The quantitative estimate of drug-likeness (QED) is 0.830. The molecule has 6 nitrogen and oxygen atoms in total. The number of carbonyl (C=O) groups is 1. The average Bonchev–Trinajstić information content (AvgIpc) is 3.03. The van der Waals surface area contributed by atoms with E-state index >= 15 is 0 Å². The number of aromatic nitrogens is 2. The normalized spacial score (nSPS) is 16.1. The van der Waals surface area contributed by atoms with Crippen LogP contribution in [0.4, 0.5) is 10.5 Å². The van der Waals surface area contributed by atoms with Crippen LogP contribution >= 0.6 is 0 Å². The zero-order valence-electron chi connectivity index (χ0n) is 15.9. The summed E-state index contributed by atoms with van der Waals surface area (Å²) in [7, 11) is 2.10. The molecule has 0 fully saturated rings. The highest BCUT2D eigenvalue weighted by Gasteiger charge is 2.16. The van der Waals surface area contributed by atoms with Crippen molar-refractivity contribution < 1.29 is 4.79 Å². The number of likely N-dealkylation sites (N-methyl/N-ethyl adjacent to an activating group) is 1. The summed E-state index contributed by atoms with van der Waals surface area (Å²) in [6, 6.07) is 6.03. The Labute approximate surface area is 154 Å². The van der Waals surface area contributed by atoms with Crippen LogP contribution in [-0.2, 0) is 0 Å². The highest BCUT2D eigenvalue weighted by atomic mass is 16.2. The maximum atomic E-state index is 12.3. The molecule has 2 N–H and O–H groups in total. The summed E-state index contributed by atoms with van der Waals surface area (Å²) in [5.41, 5.74) is 5.32. The molecule has 0 bridgehead atoms. The van der Waals surface area contributed by atoms with E-state index in [1.807, 2.05) is 19.2 Å². The zero-order chi connectivity index (χ0) is 18.7. The Hall–Kier alpha value is -2.60. The molecule has 138 valence electrons. The summed E-state index contributed by atoms with van der Waals surface area (Å²) < 4.78 is 1.79. The molecule has 6 heteroatoms. The molecule has 0 spiro atoms. The smallest absolute Gasteiger partial charge is 0.319 e. The summed E-state index contributed by atoms with van der Waals surface area (Å²) in [6.45, 7) is 8.11. The van der Waals surface area contributed by atoms with Gasteiger partial charge in [-0.2, -0.15) is 5.10 Å². The predicted octanol–water partition coefficient (Wildman–Crippen LogP) is 3.26. The van der Waals surface area contributed by atoms with Gasteiger partial charge in [-0.1, -0.05) is 23.8 Å². The van der Waals surface area contributed by atoms with Crippen molar-refractivity contribution >= 4 is 11.7 Å². The Kier molecular flexibility index (Phi) is 5.42. The fourth-order valence-corrected chi connectivity index (χ4v) is 3.22. The molecule has 2 heterocycles. The van der Waals surface area contributed by atoms with Crippen molar-refractivity contribution in [2.24, 2.45) is 0 Å². The van der Waals surface area contributed by atoms with Crippen LogP contribution in [0.2, 0.25) is 0 Å². The number of anilines is 1. The van der Waals surface area contributed by atoms with Gasteiger partial charge in [0.15, 0.2) is 0 Å². The van der Waals surface area contributed by atoms with Gasteiger partial charge >= 0.3 is 6.03 Å². The first kappa shape index (κ1) is 18.2. The van der Waals surface area contributed by atoms with E-state index in [2.05, 4.69) is 59.7 Å². The van der Waals surface area contributed by atoms with E-state index in [0.717, 1.165) is 30.8 Å².